The molecule has 0 radical (unpaired) electrons. The van der Waals surface area contributed by atoms with Gasteiger partial charge in [0.25, 0.3) is 0 Å². The van der Waals surface area contributed by atoms with Gasteiger partial charge in [-0.1, -0.05) is 23.2 Å². The molecule has 1 saturated heterocycles. The SMILES string of the molecule is O=C(O)CNCC1CCCN(Cc2cnc(Cl)cc2Cl)C1. The molecular weight excluding hydrogens is 313 g/mol. The Hall–Kier alpha value is -0.880. The molecule has 0 bridgehead atoms. The molecule has 1 fully saturated rings. The van der Waals surface area contributed by atoms with Gasteiger partial charge in [0.2, 0.25) is 0 Å². The number of hydrogen-bond donors (Lipinski definition) is 2. The molecule has 5 nitrogen and oxygen atoms in total. The Morgan fingerprint density at radius 3 is 3.05 bits per heavy atom. The first-order valence-electron chi connectivity index (χ1n) is 6.99. The van der Waals surface area contributed by atoms with Gasteiger partial charge in [-0.2, -0.15) is 0 Å². The molecule has 1 aliphatic rings. The first-order valence-corrected chi connectivity index (χ1v) is 7.75. The number of pyridine rings is 1. The zero-order chi connectivity index (χ0) is 15.2. The van der Waals surface area contributed by atoms with Gasteiger partial charge >= 0.3 is 5.97 Å². The molecule has 2 N–H and O–H groups in total. The predicted octanol–water partition coefficient (Wildman–Crippen LogP) is 2.27. The highest BCUT2D eigenvalue weighted by molar-refractivity contribution is 6.34. The monoisotopic (exact) mass is 331 g/mol. The number of carbonyl (C=O) groups is 1. The van der Waals surface area contributed by atoms with Crippen molar-refractivity contribution in [1.29, 1.82) is 0 Å². The van der Waals surface area contributed by atoms with Crippen LogP contribution in [0.3, 0.4) is 0 Å². The van der Waals surface area contributed by atoms with Crippen molar-refractivity contribution in [3.05, 3.63) is 28.0 Å². The van der Waals surface area contributed by atoms with E-state index in [0.29, 0.717) is 16.1 Å². The van der Waals surface area contributed by atoms with E-state index in [1.165, 1.54) is 0 Å². The van der Waals surface area contributed by atoms with Crippen LogP contribution >= 0.6 is 23.2 Å². The van der Waals surface area contributed by atoms with Gasteiger partial charge in [-0.15, -0.1) is 0 Å². The lowest BCUT2D eigenvalue weighted by atomic mass is 9.97. The van der Waals surface area contributed by atoms with Crippen molar-refractivity contribution in [2.24, 2.45) is 5.92 Å². The van der Waals surface area contributed by atoms with Crippen molar-refractivity contribution in [2.75, 3.05) is 26.2 Å². The van der Waals surface area contributed by atoms with Crippen LogP contribution < -0.4 is 5.32 Å². The van der Waals surface area contributed by atoms with Crippen molar-refractivity contribution in [1.82, 2.24) is 15.2 Å². The molecule has 1 unspecified atom stereocenters. The van der Waals surface area contributed by atoms with Crippen LogP contribution in [0.25, 0.3) is 0 Å². The summed E-state index contributed by atoms with van der Waals surface area (Å²) in [5, 5.41) is 12.7. The Morgan fingerprint density at radius 2 is 2.33 bits per heavy atom. The molecule has 2 rings (SSSR count). The third-order valence-electron chi connectivity index (χ3n) is 3.60. The van der Waals surface area contributed by atoms with Gasteiger partial charge in [0.15, 0.2) is 0 Å². The van der Waals surface area contributed by atoms with Crippen LogP contribution in [0.15, 0.2) is 12.3 Å². The van der Waals surface area contributed by atoms with Crippen molar-refractivity contribution >= 4 is 29.2 Å². The topological polar surface area (TPSA) is 65.5 Å². The van der Waals surface area contributed by atoms with Gasteiger partial charge < -0.3 is 10.4 Å². The minimum Gasteiger partial charge on any atom is -0.480 e. The fourth-order valence-corrected chi connectivity index (χ4v) is 3.06. The molecule has 1 aromatic heterocycles. The summed E-state index contributed by atoms with van der Waals surface area (Å²) in [6.45, 7) is 3.46. The first-order chi connectivity index (χ1) is 10.0. The fraction of sp³-hybridized carbons (Fsp3) is 0.571. The minimum atomic E-state index is -0.818. The first kappa shape index (κ1) is 16.5. The number of nitrogens with one attached hydrogen (secondary N) is 1. The third kappa shape index (κ3) is 5.43. The number of hydrogen-bond acceptors (Lipinski definition) is 4. The van der Waals surface area contributed by atoms with Crippen LogP contribution in [0.1, 0.15) is 18.4 Å². The normalized spacial score (nSPS) is 19.6. The molecule has 116 valence electrons. The van der Waals surface area contributed by atoms with Crippen molar-refractivity contribution in [3.8, 4) is 0 Å². The van der Waals surface area contributed by atoms with Crippen molar-refractivity contribution in [3.63, 3.8) is 0 Å². The van der Waals surface area contributed by atoms with E-state index in [9.17, 15) is 4.79 Å². The third-order valence-corrected chi connectivity index (χ3v) is 4.16. The second kappa shape index (κ2) is 7.94. The Labute approximate surface area is 134 Å². The van der Waals surface area contributed by atoms with Gasteiger partial charge in [0, 0.05) is 29.9 Å². The number of halogens is 2. The zero-order valence-corrected chi connectivity index (χ0v) is 13.2. The number of likely N-dealkylation sites (tertiary alicyclic amines) is 1. The van der Waals surface area contributed by atoms with Crippen LogP contribution in [0.4, 0.5) is 0 Å². The quantitative estimate of drug-likeness (QED) is 0.783. The lowest BCUT2D eigenvalue weighted by Gasteiger charge is -2.33. The Bertz CT molecular complexity index is 499. The van der Waals surface area contributed by atoms with Crippen LogP contribution in [-0.2, 0) is 11.3 Å². The summed E-state index contributed by atoms with van der Waals surface area (Å²) in [5.74, 6) is -0.348. The second-order valence-electron chi connectivity index (χ2n) is 5.37. The molecule has 0 aliphatic carbocycles. The largest absolute Gasteiger partial charge is 0.480 e. The summed E-state index contributed by atoms with van der Waals surface area (Å²) < 4.78 is 0. The molecule has 1 atom stereocenters. The standard InChI is InChI=1S/C14H19Cl2N3O2/c15-12-4-13(16)18-6-11(12)9-19-3-1-2-10(8-19)5-17-7-14(20)21/h4,6,10,17H,1-3,5,7-9H2,(H,20,21). The van der Waals surface area contributed by atoms with Crippen LogP contribution in [0.5, 0.6) is 0 Å². The zero-order valence-electron chi connectivity index (χ0n) is 11.7. The van der Waals surface area contributed by atoms with E-state index in [2.05, 4.69) is 15.2 Å². The number of carboxylic acids is 1. The van der Waals surface area contributed by atoms with E-state index < -0.39 is 5.97 Å². The Morgan fingerprint density at radius 1 is 1.52 bits per heavy atom. The summed E-state index contributed by atoms with van der Waals surface area (Å²) in [5.41, 5.74) is 0.972. The van der Waals surface area contributed by atoms with Gasteiger partial charge in [-0.05, 0) is 37.9 Å². The number of rotatable bonds is 6. The minimum absolute atomic E-state index is 0.0173. The summed E-state index contributed by atoms with van der Waals surface area (Å²) in [4.78, 5) is 16.9. The average Bonchev–Trinajstić information content (AvgIpc) is 2.42. The highest BCUT2D eigenvalue weighted by Gasteiger charge is 2.20. The Kier molecular flexibility index (Phi) is 6.23. The van der Waals surface area contributed by atoms with Gasteiger partial charge in [-0.3, -0.25) is 9.69 Å². The molecule has 0 saturated carbocycles. The van der Waals surface area contributed by atoms with Crippen LogP contribution in [-0.4, -0.2) is 47.1 Å². The number of nitrogens with zero attached hydrogens (tertiary/aromatic N) is 2. The number of piperidine rings is 1. The molecule has 2 heterocycles. The maximum atomic E-state index is 10.5. The smallest absolute Gasteiger partial charge is 0.317 e. The number of aromatic nitrogens is 1. The molecule has 0 spiro atoms. The van der Waals surface area contributed by atoms with Crippen LogP contribution in [0.2, 0.25) is 10.2 Å². The maximum absolute atomic E-state index is 10.5. The van der Waals surface area contributed by atoms with E-state index in [1.54, 1.807) is 12.3 Å². The number of carboxylic acid groups (broad SMARTS) is 1. The lowest BCUT2D eigenvalue weighted by Crippen LogP contribution is -2.40. The highest BCUT2D eigenvalue weighted by Crippen LogP contribution is 2.23. The predicted molar refractivity (Wildman–Crippen MR) is 82.8 cm³/mol. The van der Waals surface area contributed by atoms with E-state index in [4.69, 9.17) is 28.3 Å². The average molecular weight is 332 g/mol. The maximum Gasteiger partial charge on any atom is 0.317 e. The molecule has 0 aromatic carbocycles. The van der Waals surface area contributed by atoms with Crippen molar-refractivity contribution in [2.45, 2.75) is 19.4 Å². The van der Waals surface area contributed by atoms with Crippen molar-refractivity contribution < 1.29 is 9.90 Å². The lowest BCUT2D eigenvalue weighted by molar-refractivity contribution is -0.136. The van der Waals surface area contributed by atoms with E-state index in [0.717, 1.165) is 44.6 Å². The van der Waals surface area contributed by atoms with Gasteiger partial charge in [0.1, 0.15) is 5.15 Å². The Balaban J connectivity index is 1.84. The number of aliphatic carboxylic acids is 1. The van der Waals surface area contributed by atoms with Crippen LogP contribution in [0, 0.1) is 5.92 Å². The molecule has 1 aromatic rings. The van der Waals surface area contributed by atoms with Gasteiger partial charge in [0.05, 0.1) is 6.54 Å². The summed E-state index contributed by atoms with van der Waals surface area (Å²) in [6.07, 6.45) is 3.95. The molecule has 0 amide bonds. The fourth-order valence-electron chi connectivity index (χ4n) is 2.64. The van der Waals surface area contributed by atoms with Gasteiger partial charge in [-0.25, -0.2) is 4.98 Å². The molecule has 21 heavy (non-hydrogen) atoms. The van der Waals surface area contributed by atoms with E-state index in [1.807, 2.05) is 0 Å². The van der Waals surface area contributed by atoms with E-state index >= 15 is 0 Å². The molecular formula is C14H19Cl2N3O2. The second-order valence-corrected chi connectivity index (χ2v) is 6.16. The summed E-state index contributed by atoms with van der Waals surface area (Å²) >= 11 is 12.0. The highest BCUT2D eigenvalue weighted by atomic mass is 35.5. The summed E-state index contributed by atoms with van der Waals surface area (Å²) in [7, 11) is 0. The van der Waals surface area contributed by atoms with E-state index in [-0.39, 0.29) is 6.54 Å². The summed E-state index contributed by atoms with van der Waals surface area (Å²) in [6, 6.07) is 1.66. The molecule has 1 aliphatic heterocycles. The molecule has 7 heteroatoms.